The van der Waals surface area contributed by atoms with E-state index in [0.717, 1.165) is 11.1 Å². The molecule has 0 fully saturated rings. The SMILES string of the molecule is COc1nc(-n2[nH]c(-c3ccccc3)cc2=O)nc(-n2[nH]c(-c3ccccc3)cc2=O)n1. The maximum Gasteiger partial charge on any atom is 0.322 e. The molecule has 158 valence electrons. The maximum atomic E-state index is 12.6. The van der Waals surface area contributed by atoms with E-state index in [-0.39, 0.29) is 29.0 Å². The Kier molecular flexibility index (Phi) is 4.71. The van der Waals surface area contributed by atoms with Crippen LogP contribution in [-0.2, 0) is 0 Å². The second kappa shape index (κ2) is 7.84. The summed E-state index contributed by atoms with van der Waals surface area (Å²) in [6.45, 7) is 0. The molecule has 2 N–H and O–H groups in total. The third kappa shape index (κ3) is 3.49. The van der Waals surface area contributed by atoms with E-state index < -0.39 is 0 Å². The van der Waals surface area contributed by atoms with Gasteiger partial charge >= 0.3 is 6.01 Å². The second-order valence-electron chi connectivity index (χ2n) is 6.84. The molecule has 0 bridgehead atoms. The normalized spacial score (nSPS) is 10.9. The van der Waals surface area contributed by atoms with Gasteiger partial charge in [-0.3, -0.25) is 19.8 Å². The Morgan fingerprint density at radius 2 is 1.12 bits per heavy atom. The van der Waals surface area contributed by atoms with Crippen molar-refractivity contribution in [3.8, 4) is 40.4 Å². The molecule has 0 aliphatic rings. The molecule has 0 aliphatic heterocycles. The van der Waals surface area contributed by atoms with Crippen LogP contribution >= 0.6 is 0 Å². The molecule has 32 heavy (non-hydrogen) atoms. The number of hydrogen-bond donors (Lipinski definition) is 2. The average molecular weight is 427 g/mol. The Hall–Kier alpha value is -4.73. The van der Waals surface area contributed by atoms with Crippen LogP contribution in [0.25, 0.3) is 34.4 Å². The lowest BCUT2D eigenvalue weighted by Gasteiger charge is -2.06. The van der Waals surface area contributed by atoms with E-state index in [1.54, 1.807) is 0 Å². The van der Waals surface area contributed by atoms with Crippen molar-refractivity contribution < 1.29 is 4.74 Å². The largest absolute Gasteiger partial charge is 0.467 e. The molecule has 0 saturated carbocycles. The van der Waals surface area contributed by atoms with Gasteiger partial charge in [-0.05, 0) is 11.1 Å². The molecule has 0 saturated heterocycles. The third-order valence-corrected chi connectivity index (χ3v) is 4.78. The summed E-state index contributed by atoms with van der Waals surface area (Å²) in [6.07, 6.45) is 0. The van der Waals surface area contributed by atoms with Crippen molar-refractivity contribution in [1.82, 2.24) is 34.5 Å². The fourth-order valence-corrected chi connectivity index (χ4v) is 3.25. The van der Waals surface area contributed by atoms with Crippen LogP contribution in [0.5, 0.6) is 6.01 Å². The average Bonchev–Trinajstić information content (AvgIpc) is 3.43. The number of ether oxygens (including phenoxy) is 1. The van der Waals surface area contributed by atoms with Gasteiger partial charge in [0.2, 0.25) is 0 Å². The molecule has 3 heterocycles. The summed E-state index contributed by atoms with van der Waals surface area (Å²) < 4.78 is 7.52. The minimum absolute atomic E-state index is 0.0122. The number of aromatic amines is 2. The zero-order valence-corrected chi connectivity index (χ0v) is 16.9. The highest BCUT2D eigenvalue weighted by molar-refractivity contribution is 5.59. The number of methoxy groups -OCH3 is 1. The summed E-state index contributed by atoms with van der Waals surface area (Å²) in [5, 5.41) is 5.98. The van der Waals surface area contributed by atoms with E-state index in [1.165, 1.54) is 28.6 Å². The summed E-state index contributed by atoms with van der Waals surface area (Å²) in [4.78, 5) is 37.9. The van der Waals surface area contributed by atoms with Crippen LogP contribution in [0.2, 0.25) is 0 Å². The lowest BCUT2D eigenvalue weighted by molar-refractivity contribution is 0.375. The van der Waals surface area contributed by atoms with E-state index >= 15 is 0 Å². The Bertz CT molecular complexity index is 1390. The van der Waals surface area contributed by atoms with Gasteiger partial charge in [-0.2, -0.15) is 24.3 Å². The van der Waals surface area contributed by atoms with Crippen molar-refractivity contribution in [3.05, 3.63) is 93.5 Å². The molecular weight excluding hydrogens is 410 g/mol. The van der Waals surface area contributed by atoms with Crippen LogP contribution in [0.4, 0.5) is 0 Å². The molecule has 0 radical (unpaired) electrons. The molecule has 0 unspecified atom stereocenters. The molecule has 2 aromatic carbocycles. The molecule has 0 atom stereocenters. The smallest absolute Gasteiger partial charge is 0.322 e. The van der Waals surface area contributed by atoms with Crippen LogP contribution in [0.1, 0.15) is 0 Å². The van der Waals surface area contributed by atoms with Gasteiger partial charge in [0.15, 0.2) is 0 Å². The molecule has 5 rings (SSSR count). The van der Waals surface area contributed by atoms with E-state index in [2.05, 4.69) is 25.1 Å². The minimum Gasteiger partial charge on any atom is -0.467 e. The highest BCUT2D eigenvalue weighted by Gasteiger charge is 2.16. The molecular formula is C22H17N7O3. The highest BCUT2D eigenvalue weighted by Crippen LogP contribution is 2.17. The van der Waals surface area contributed by atoms with Crippen LogP contribution in [0, 0.1) is 0 Å². The minimum atomic E-state index is -0.369. The lowest BCUT2D eigenvalue weighted by Crippen LogP contribution is -2.22. The number of nitrogens with one attached hydrogen (secondary N) is 2. The first-order valence-corrected chi connectivity index (χ1v) is 9.68. The first-order chi connectivity index (χ1) is 15.6. The van der Waals surface area contributed by atoms with Crippen LogP contribution in [-0.4, -0.2) is 41.6 Å². The Balaban J connectivity index is 1.61. The fourth-order valence-electron chi connectivity index (χ4n) is 3.25. The number of nitrogens with zero attached hydrogens (tertiary/aromatic N) is 5. The monoisotopic (exact) mass is 427 g/mol. The molecule has 0 aliphatic carbocycles. The van der Waals surface area contributed by atoms with E-state index in [9.17, 15) is 9.59 Å². The van der Waals surface area contributed by atoms with E-state index in [4.69, 9.17) is 4.74 Å². The summed E-state index contributed by atoms with van der Waals surface area (Å²) in [6, 6.07) is 21.6. The van der Waals surface area contributed by atoms with Gasteiger partial charge < -0.3 is 4.74 Å². The molecule has 3 aromatic heterocycles. The van der Waals surface area contributed by atoms with Gasteiger partial charge in [-0.25, -0.2) is 0 Å². The molecule has 0 spiro atoms. The zero-order chi connectivity index (χ0) is 22.1. The first-order valence-electron chi connectivity index (χ1n) is 9.68. The van der Waals surface area contributed by atoms with Crippen molar-refractivity contribution >= 4 is 0 Å². The molecule has 10 nitrogen and oxygen atoms in total. The lowest BCUT2D eigenvalue weighted by atomic mass is 10.2. The standard InChI is InChI=1S/C22H17N7O3/c1-32-22-24-20(28-18(30)12-16(26-28)14-8-4-2-5-9-14)23-21(25-22)29-19(31)13-17(27-29)15-10-6-3-7-11-15/h2-13,26-27H,1H3. The third-order valence-electron chi connectivity index (χ3n) is 4.78. The van der Waals surface area contributed by atoms with Gasteiger partial charge in [-0.15, -0.1) is 0 Å². The van der Waals surface area contributed by atoms with Crippen molar-refractivity contribution in [2.45, 2.75) is 0 Å². The summed E-state index contributed by atoms with van der Waals surface area (Å²) >= 11 is 0. The van der Waals surface area contributed by atoms with Gasteiger partial charge in [0.05, 0.1) is 18.5 Å². The molecule has 5 aromatic rings. The zero-order valence-electron chi connectivity index (χ0n) is 16.9. The van der Waals surface area contributed by atoms with Crippen molar-refractivity contribution in [3.63, 3.8) is 0 Å². The van der Waals surface area contributed by atoms with Crippen molar-refractivity contribution in [2.24, 2.45) is 0 Å². The van der Waals surface area contributed by atoms with E-state index in [0.29, 0.717) is 11.4 Å². The quantitative estimate of drug-likeness (QED) is 0.443. The van der Waals surface area contributed by atoms with Crippen LogP contribution in [0.3, 0.4) is 0 Å². The number of aromatic nitrogens is 7. The maximum absolute atomic E-state index is 12.6. The first kappa shape index (κ1) is 19.2. The molecule has 0 amide bonds. The summed E-state index contributed by atoms with van der Waals surface area (Å²) in [7, 11) is 1.39. The predicted octanol–water partition coefficient (Wildman–Crippen LogP) is 2.17. The number of rotatable bonds is 5. The highest BCUT2D eigenvalue weighted by atomic mass is 16.5. The van der Waals surface area contributed by atoms with Gasteiger partial charge in [0.25, 0.3) is 23.0 Å². The Labute approximate surface area is 180 Å². The van der Waals surface area contributed by atoms with Gasteiger partial charge in [0, 0.05) is 12.1 Å². The number of hydrogen-bond acceptors (Lipinski definition) is 6. The van der Waals surface area contributed by atoms with Crippen LogP contribution < -0.4 is 15.9 Å². The Morgan fingerprint density at radius 3 is 1.53 bits per heavy atom. The number of H-pyrrole nitrogens is 2. The predicted molar refractivity (Wildman–Crippen MR) is 117 cm³/mol. The van der Waals surface area contributed by atoms with E-state index in [1.807, 2.05) is 60.7 Å². The fraction of sp³-hybridized carbons (Fsp3) is 0.0455. The summed E-state index contributed by atoms with van der Waals surface area (Å²) in [5.74, 6) is -0.0245. The van der Waals surface area contributed by atoms with Crippen molar-refractivity contribution in [1.29, 1.82) is 0 Å². The Morgan fingerprint density at radius 1 is 0.688 bits per heavy atom. The van der Waals surface area contributed by atoms with Gasteiger partial charge in [0.1, 0.15) is 0 Å². The van der Waals surface area contributed by atoms with Crippen molar-refractivity contribution in [2.75, 3.05) is 7.11 Å². The number of benzene rings is 2. The summed E-state index contributed by atoms with van der Waals surface area (Å²) in [5.41, 5.74) is 2.12. The second-order valence-corrected chi connectivity index (χ2v) is 6.84. The van der Waals surface area contributed by atoms with Crippen LogP contribution in [0.15, 0.2) is 82.4 Å². The van der Waals surface area contributed by atoms with Gasteiger partial charge in [-0.1, -0.05) is 60.7 Å². The molecule has 10 heteroatoms. The topological polar surface area (TPSA) is 123 Å².